The van der Waals surface area contributed by atoms with Crippen LogP contribution in [-0.2, 0) is 4.74 Å². The van der Waals surface area contributed by atoms with Crippen LogP contribution in [0.3, 0.4) is 0 Å². The van der Waals surface area contributed by atoms with Gasteiger partial charge in [-0.05, 0) is 42.2 Å². The van der Waals surface area contributed by atoms with Gasteiger partial charge in [0.25, 0.3) is 0 Å². The first-order chi connectivity index (χ1) is 16.6. The fourth-order valence-electron chi connectivity index (χ4n) is 4.29. The number of hydrogen-bond acceptors (Lipinski definition) is 4. The summed E-state index contributed by atoms with van der Waals surface area (Å²) >= 11 is 0. The van der Waals surface area contributed by atoms with Crippen molar-refractivity contribution in [1.29, 1.82) is 0 Å². The smallest absolute Gasteiger partial charge is 0.341 e. The van der Waals surface area contributed by atoms with Gasteiger partial charge < -0.3 is 20.1 Å². The van der Waals surface area contributed by atoms with E-state index in [2.05, 4.69) is 10.6 Å². The number of urea groups is 1. The van der Waals surface area contributed by atoms with Gasteiger partial charge in [-0.2, -0.15) is 0 Å². The molecule has 3 aromatic rings. The summed E-state index contributed by atoms with van der Waals surface area (Å²) in [5, 5.41) is 5.86. The number of rotatable bonds is 7. The molecule has 0 spiro atoms. The van der Waals surface area contributed by atoms with E-state index in [9.17, 15) is 9.59 Å². The van der Waals surface area contributed by atoms with Crippen LogP contribution >= 0.6 is 0 Å². The summed E-state index contributed by atoms with van der Waals surface area (Å²) in [6.07, 6.45) is 5.05. The Bertz CT molecular complexity index is 1060. The molecular weight excluding hydrogens is 428 g/mol. The van der Waals surface area contributed by atoms with Crippen molar-refractivity contribution >= 4 is 17.7 Å². The highest BCUT2D eigenvalue weighted by Crippen LogP contribution is 2.32. The monoisotopic (exact) mass is 458 g/mol. The van der Waals surface area contributed by atoms with E-state index >= 15 is 0 Å². The van der Waals surface area contributed by atoms with Crippen molar-refractivity contribution in [1.82, 2.24) is 5.32 Å². The second-order valence-electron chi connectivity index (χ2n) is 8.46. The zero-order chi connectivity index (χ0) is 23.8. The number of ether oxygens (including phenoxy) is 2. The average molecular weight is 459 g/mol. The topological polar surface area (TPSA) is 76.7 Å². The van der Waals surface area contributed by atoms with E-state index in [0.29, 0.717) is 11.4 Å². The fraction of sp³-hybridized carbons (Fsp3) is 0.286. The predicted molar refractivity (Wildman–Crippen MR) is 132 cm³/mol. The summed E-state index contributed by atoms with van der Waals surface area (Å²) in [4.78, 5) is 25.1. The van der Waals surface area contributed by atoms with Crippen LogP contribution in [0.1, 0.15) is 59.7 Å². The minimum Gasteiger partial charge on any atom is -0.480 e. The highest BCUT2D eigenvalue weighted by atomic mass is 16.5. The molecule has 1 fully saturated rings. The Hall–Kier alpha value is -3.80. The number of methoxy groups -OCH3 is 1. The van der Waals surface area contributed by atoms with Crippen molar-refractivity contribution in [2.45, 2.75) is 44.2 Å². The van der Waals surface area contributed by atoms with Crippen LogP contribution < -0.4 is 15.4 Å². The molecule has 0 atom stereocenters. The number of benzene rings is 3. The van der Waals surface area contributed by atoms with Gasteiger partial charge in [0.15, 0.2) is 0 Å². The lowest BCUT2D eigenvalue weighted by molar-refractivity contribution is 0.0594. The van der Waals surface area contributed by atoms with Crippen LogP contribution in [0.15, 0.2) is 78.9 Å². The Balaban J connectivity index is 1.57. The molecular formula is C28H30N2O4. The van der Waals surface area contributed by atoms with Crippen molar-refractivity contribution in [2.24, 2.45) is 0 Å². The van der Waals surface area contributed by atoms with Crippen LogP contribution in [-0.4, -0.2) is 25.2 Å². The SMILES string of the molecule is COC(=O)c1cc(NC(=O)NC2CCCCC2)ccc1OC(c1ccccc1)c1ccccc1. The lowest BCUT2D eigenvalue weighted by atomic mass is 9.96. The molecule has 4 rings (SSSR count). The Morgan fingerprint density at radius 3 is 2.06 bits per heavy atom. The maximum atomic E-state index is 12.6. The Labute approximate surface area is 200 Å². The lowest BCUT2D eigenvalue weighted by Crippen LogP contribution is -2.39. The molecule has 0 aliphatic heterocycles. The van der Waals surface area contributed by atoms with Gasteiger partial charge in [0.1, 0.15) is 17.4 Å². The standard InChI is InChI=1S/C28H30N2O4/c1-33-27(31)24-19-23(30-28(32)29-22-15-9-4-10-16-22)17-18-25(24)34-26(20-11-5-2-6-12-20)21-13-7-3-8-14-21/h2-3,5-8,11-14,17-19,22,26H,4,9-10,15-16H2,1H3,(H2,29,30,32). The van der Waals surface area contributed by atoms with Crippen molar-refractivity contribution in [2.75, 3.05) is 12.4 Å². The molecule has 1 aliphatic rings. The van der Waals surface area contributed by atoms with Gasteiger partial charge in [-0.15, -0.1) is 0 Å². The third kappa shape index (κ3) is 5.95. The van der Waals surface area contributed by atoms with Gasteiger partial charge in [0, 0.05) is 11.7 Å². The molecule has 0 aromatic heterocycles. The lowest BCUT2D eigenvalue weighted by Gasteiger charge is -2.23. The third-order valence-corrected chi connectivity index (χ3v) is 6.03. The molecule has 0 unspecified atom stereocenters. The van der Waals surface area contributed by atoms with Crippen LogP contribution in [0, 0.1) is 0 Å². The molecule has 0 bridgehead atoms. The minimum absolute atomic E-state index is 0.189. The molecule has 0 heterocycles. The van der Waals surface area contributed by atoms with Gasteiger partial charge in [0.2, 0.25) is 0 Å². The highest BCUT2D eigenvalue weighted by Gasteiger charge is 2.22. The second-order valence-corrected chi connectivity index (χ2v) is 8.46. The van der Waals surface area contributed by atoms with E-state index in [4.69, 9.17) is 9.47 Å². The molecule has 3 aromatic carbocycles. The molecule has 6 heteroatoms. The third-order valence-electron chi connectivity index (χ3n) is 6.03. The maximum absolute atomic E-state index is 12.6. The minimum atomic E-state index is -0.536. The molecule has 1 aliphatic carbocycles. The maximum Gasteiger partial charge on any atom is 0.341 e. The van der Waals surface area contributed by atoms with E-state index in [1.54, 1.807) is 18.2 Å². The molecule has 6 nitrogen and oxygen atoms in total. The normalized spacial score (nSPS) is 13.8. The number of hydrogen-bond donors (Lipinski definition) is 2. The first kappa shape index (κ1) is 23.4. The number of carbonyl (C=O) groups is 2. The first-order valence-corrected chi connectivity index (χ1v) is 11.7. The van der Waals surface area contributed by atoms with E-state index in [-0.39, 0.29) is 17.6 Å². The molecule has 176 valence electrons. The number of carbonyl (C=O) groups excluding carboxylic acids is 2. The molecule has 0 radical (unpaired) electrons. The van der Waals surface area contributed by atoms with Crippen molar-refractivity contribution < 1.29 is 19.1 Å². The summed E-state index contributed by atoms with van der Waals surface area (Å²) in [6.45, 7) is 0. The summed E-state index contributed by atoms with van der Waals surface area (Å²) in [5.74, 6) is -0.158. The quantitative estimate of drug-likeness (QED) is 0.420. The van der Waals surface area contributed by atoms with Gasteiger partial charge in [0.05, 0.1) is 7.11 Å². The van der Waals surface area contributed by atoms with Crippen LogP contribution in [0.5, 0.6) is 5.75 Å². The van der Waals surface area contributed by atoms with E-state index < -0.39 is 12.1 Å². The van der Waals surface area contributed by atoms with E-state index in [1.165, 1.54) is 13.5 Å². The zero-order valence-corrected chi connectivity index (χ0v) is 19.3. The second kappa shape index (κ2) is 11.4. The summed E-state index contributed by atoms with van der Waals surface area (Å²) in [5.41, 5.74) is 2.66. The number of anilines is 1. The molecule has 34 heavy (non-hydrogen) atoms. The number of nitrogens with one attached hydrogen (secondary N) is 2. The number of amides is 2. The molecule has 1 saturated carbocycles. The van der Waals surface area contributed by atoms with Gasteiger partial charge in [-0.3, -0.25) is 0 Å². The van der Waals surface area contributed by atoms with Gasteiger partial charge in [-0.25, -0.2) is 9.59 Å². The Morgan fingerprint density at radius 2 is 1.47 bits per heavy atom. The van der Waals surface area contributed by atoms with Crippen molar-refractivity contribution in [3.05, 3.63) is 95.6 Å². The Morgan fingerprint density at radius 1 is 0.853 bits per heavy atom. The van der Waals surface area contributed by atoms with Crippen LogP contribution in [0.4, 0.5) is 10.5 Å². The summed E-state index contributed by atoms with van der Waals surface area (Å²) in [6, 6.07) is 24.6. The van der Waals surface area contributed by atoms with Crippen molar-refractivity contribution in [3.8, 4) is 5.75 Å². The molecule has 0 saturated heterocycles. The van der Waals surface area contributed by atoms with Crippen LogP contribution in [0.25, 0.3) is 0 Å². The number of esters is 1. The highest BCUT2D eigenvalue weighted by molar-refractivity contribution is 5.96. The van der Waals surface area contributed by atoms with Gasteiger partial charge in [-0.1, -0.05) is 79.9 Å². The van der Waals surface area contributed by atoms with E-state index in [0.717, 1.165) is 36.8 Å². The largest absolute Gasteiger partial charge is 0.480 e. The summed E-state index contributed by atoms with van der Waals surface area (Å²) in [7, 11) is 1.33. The molecule has 2 amide bonds. The van der Waals surface area contributed by atoms with Crippen molar-refractivity contribution in [3.63, 3.8) is 0 Å². The zero-order valence-electron chi connectivity index (χ0n) is 19.3. The Kier molecular flexibility index (Phi) is 7.81. The summed E-state index contributed by atoms with van der Waals surface area (Å²) < 4.78 is 11.4. The fourth-order valence-corrected chi connectivity index (χ4v) is 4.29. The first-order valence-electron chi connectivity index (χ1n) is 11.7. The average Bonchev–Trinajstić information content (AvgIpc) is 2.89. The van der Waals surface area contributed by atoms with E-state index in [1.807, 2.05) is 60.7 Å². The molecule has 2 N–H and O–H groups in total. The predicted octanol–water partition coefficient (Wildman–Crippen LogP) is 6.10. The van der Waals surface area contributed by atoms with Crippen LogP contribution in [0.2, 0.25) is 0 Å². The van der Waals surface area contributed by atoms with Gasteiger partial charge >= 0.3 is 12.0 Å².